The van der Waals surface area contributed by atoms with E-state index in [1.54, 1.807) is 0 Å². The van der Waals surface area contributed by atoms with E-state index in [-0.39, 0.29) is 38.3 Å². The normalized spacial score (nSPS) is 10.3. The van der Waals surface area contributed by atoms with Gasteiger partial charge >= 0.3 is 6.03 Å². The van der Waals surface area contributed by atoms with Crippen LogP contribution in [0.1, 0.15) is 0 Å². The van der Waals surface area contributed by atoms with Gasteiger partial charge in [0.15, 0.2) is 0 Å². The summed E-state index contributed by atoms with van der Waals surface area (Å²) >= 11 is 12.1. The highest BCUT2D eigenvalue weighted by atomic mass is 35.5. The second kappa shape index (κ2) is 6.08. The molecule has 0 atom stereocenters. The molecule has 0 radical (unpaired) electrons. The van der Waals surface area contributed by atoms with Crippen LogP contribution in [0, 0.1) is 10.1 Å². The lowest BCUT2D eigenvalue weighted by atomic mass is 10.0. The van der Waals surface area contributed by atoms with E-state index >= 15 is 0 Å². The molecule has 114 valence electrons. The van der Waals surface area contributed by atoms with E-state index in [0.29, 0.717) is 0 Å². The van der Waals surface area contributed by atoms with Crippen LogP contribution in [0.25, 0.3) is 11.1 Å². The Morgan fingerprint density at radius 3 is 2.45 bits per heavy atom. The summed E-state index contributed by atoms with van der Waals surface area (Å²) < 4.78 is 0. The Hall–Kier alpha value is -2.51. The lowest BCUT2D eigenvalue weighted by Crippen LogP contribution is -2.19. The number of nitro groups is 1. The molecule has 7 nitrogen and oxygen atoms in total. The molecule has 2 rings (SSSR count). The Balaban J connectivity index is 2.59. The Morgan fingerprint density at radius 2 is 1.86 bits per heavy atom. The largest absolute Gasteiger partial charge is 0.507 e. The highest BCUT2D eigenvalue weighted by Gasteiger charge is 2.17. The van der Waals surface area contributed by atoms with Gasteiger partial charge in [0, 0.05) is 23.3 Å². The molecule has 2 amide bonds. The van der Waals surface area contributed by atoms with Gasteiger partial charge in [-0.3, -0.25) is 10.1 Å². The minimum atomic E-state index is -0.816. The van der Waals surface area contributed by atoms with Gasteiger partial charge in [0.2, 0.25) is 0 Å². The zero-order chi connectivity index (χ0) is 16.4. The molecule has 22 heavy (non-hydrogen) atoms. The highest BCUT2D eigenvalue weighted by Crippen LogP contribution is 2.42. The quantitative estimate of drug-likeness (QED) is 0.581. The third kappa shape index (κ3) is 3.05. The lowest BCUT2D eigenvalue weighted by molar-refractivity contribution is -0.384. The third-order valence-electron chi connectivity index (χ3n) is 2.82. The number of hydrogen-bond donors (Lipinski definition) is 3. The van der Waals surface area contributed by atoms with Crippen molar-refractivity contribution in [3.63, 3.8) is 0 Å². The molecule has 0 saturated heterocycles. The Kier molecular flexibility index (Phi) is 4.39. The summed E-state index contributed by atoms with van der Waals surface area (Å²) in [5, 5.41) is 23.0. The van der Waals surface area contributed by atoms with E-state index in [4.69, 9.17) is 28.9 Å². The maximum absolute atomic E-state index is 10.9. The number of nitrogens with one attached hydrogen (secondary N) is 1. The summed E-state index contributed by atoms with van der Waals surface area (Å²) in [5.74, 6) is -0.195. The van der Waals surface area contributed by atoms with Gasteiger partial charge in [-0.05, 0) is 12.1 Å². The number of carbonyl (C=O) groups is 1. The number of non-ortho nitro benzene ring substituents is 1. The van der Waals surface area contributed by atoms with Gasteiger partial charge in [-0.25, -0.2) is 4.79 Å². The Bertz CT molecular complexity index is 780. The van der Waals surface area contributed by atoms with E-state index in [1.807, 2.05) is 0 Å². The van der Waals surface area contributed by atoms with E-state index in [2.05, 4.69) is 5.32 Å². The Labute approximate surface area is 134 Å². The maximum atomic E-state index is 10.9. The standard InChI is InChI=1S/C13H9Cl2N3O4/c14-11-7(2-3-9(12(11)15)17-13(16)20)8-5-6(18(21)22)1-4-10(8)19/h1-5,19H,(H3,16,17,20). The summed E-state index contributed by atoms with van der Waals surface area (Å²) in [5.41, 5.74) is 5.41. The van der Waals surface area contributed by atoms with Crippen molar-refractivity contribution in [1.29, 1.82) is 0 Å². The number of hydrogen-bond acceptors (Lipinski definition) is 4. The van der Waals surface area contributed by atoms with E-state index in [1.165, 1.54) is 24.3 Å². The number of aromatic hydroxyl groups is 1. The molecule has 0 spiro atoms. The monoisotopic (exact) mass is 341 g/mol. The molecular weight excluding hydrogens is 333 g/mol. The summed E-state index contributed by atoms with van der Waals surface area (Å²) in [6, 6.07) is 5.59. The van der Waals surface area contributed by atoms with E-state index < -0.39 is 11.0 Å². The number of nitrogens with two attached hydrogens (primary N) is 1. The number of nitro benzene ring substituents is 1. The maximum Gasteiger partial charge on any atom is 0.316 e. The number of benzene rings is 2. The fraction of sp³-hybridized carbons (Fsp3) is 0. The molecule has 0 heterocycles. The minimum Gasteiger partial charge on any atom is -0.507 e. The summed E-state index contributed by atoms with van der Waals surface area (Å²) in [6.07, 6.45) is 0. The van der Waals surface area contributed by atoms with Crippen molar-refractivity contribution in [1.82, 2.24) is 0 Å². The molecule has 2 aromatic rings. The van der Waals surface area contributed by atoms with Crippen LogP contribution in [-0.2, 0) is 0 Å². The number of phenolic OH excluding ortho intramolecular Hbond substituents is 1. The number of urea groups is 1. The SMILES string of the molecule is NC(=O)Nc1ccc(-c2cc([N+](=O)[O-])ccc2O)c(Cl)c1Cl. The van der Waals surface area contributed by atoms with Crippen molar-refractivity contribution in [2.75, 3.05) is 5.32 Å². The van der Waals surface area contributed by atoms with Gasteiger partial charge in [-0.2, -0.15) is 0 Å². The van der Waals surface area contributed by atoms with Crippen molar-refractivity contribution in [3.8, 4) is 16.9 Å². The summed E-state index contributed by atoms with van der Waals surface area (Å²) in [4.78, 5) is 21.1. The van der Waals surface area contributed by atoms with Crippen molar-refractivity contribution in [2.24, 2.45) is 5.73 Å². The van der Waals surface area contributed by atoms with Crippen LogP contribution in [0.4, 0.5) is 16.2 Å². The summed E-state index contributed by atoms with van der Waals surface area (Å²) in [6.45, 7) is 0. The fourth-order valence-corrected chi connectivity index (χ4v) is 2.32. The number of halogens is 2. The van der Waals surface area contributed by atoms with Crippen LogP contribution in [0.3, 0.4) is 0 Å². The number of anilines is 1. The smallest absolute Gasteiger partial charge is 0.316 e. The predicted octanol–water partition coefficient (Wildman–Crippen LogP) is 3.76. The lowest BCUT2D eigenvalue weighted by Gasteiger charge is -2.12. The molecule has 0 aromatic heterocycles. The average Bonchev–Trinajstić information content (AvgIpc) is 2.44. The molecule has 9 heteroatoms. The number of nitrogens with zero attached hydrogens (tertiary/aromatic N) is 1. The van der Waals surface area contributed by atoms with Gasteiger partial charge in [0.25, 0.3) is 5.69 Å². The number of rotatable bonds is 3. The van der Waals surface area contributed by atoms with Crippen LogP contribution in [0.15, 0.2) is 30.3 Å². The first-order valence-corrected chi connectivity index (χ1v) is 6.59. The molecular formula is C13H9Cl2N3O4. The molecule has 0 aliphatic rings. The first-order valence-electron chi connectivity index (χ1n) is 5.83. The number of carbonyl (C=O) groups excluding carboxylic acids is 1. The van der Waals surface area contributed by atoms with Crippen LogP contribution in [0.5, 0.6) is 5.75 Å². The minimum absolute atomic E-state index is 0.00359. The zero-order valence-electron chi connectivity index (χ0n) is 10.8. The molecule has 4 N–H and O–H groups in total. The van der Waals surface area contributed by atoms with E-state index in [0.717, 1.165) is 6.07 Å². The highest BCUT2D eigenvalue weighted by molar-refractivity contribution is 6.45. The third-order valence-corrected chi connectivity index (χ3v) is 3.70. The predicted molar refractivity (Wildman–Crippen MR) is 83.4 cm³/mol. The van der Waals surface area contributed by atoms with Crippen molar-refractivity contribution < 1.29 is 14.8 Å². The van der Waals surface area contributed by atoms with Crippen molar-refractivity contribution in [3.05, 3.63) is 50.5 Å². The summed E-state index contributed by atoms with van der Waals surface area (Å²) in [7, 11) is 0. The zero-order valence-corrected chi connectivity index (χ0v) is 12.4. The number of amides is 2. The van der Waals surface area contributed by atoms with Crippen molar-refractivity contribution >= 4 is 40.6 Å². The first kappa shape index (κ1) is 15.9. The second-order valence-electron chi connectivity index (χ2n) is 4.24. The molecule has 0 bridgehead atoms. The average molecular weight is 342 g/mol. The van der Waals surface area contributed by atoms with Crippen LogP contribution in [-0.4, -0.2) is 16.1 Å². The van der Waals surface area contributed by atoms with Gasteiger partial charge in [-0.15, -0.1) is 0 Å². The van der Waals surface area contributed by atoms with Gasteiger partial charge in [-0.1, -0.05) is 29.3 Å². The van der Waals surface area contributed by atoms with Gasteiger partial charge in [0.05, 0.1) is 20.7 Å². The van der Waals surface area contributed by atoms with Crippen LogP contribution >= 0.6 is 23.2 Å². The topological polar surface area (TPSA) is 118 Å². The second-order valence-corrected chi connectivity index (χ2v) is 4.99. The Morgan fingerprint density at radius 1 is 1.18 bits per heavy atom. The molecule has 0 aliphatic heterocycles. The molecule has 0 aliphatic carbocycles. The molecule has 0 unspecified atom stereocenters. The molecule has 0 fully saturated rings. The molecule has 2 aromatic carbocycles. The van der Waals surface area contributed by atoms with E-state index in [9.17, 15) is 20.0 Å². The van der Waals surface area contributed by atoms with Crippen molar-refractivity contribution in [2.45, 2.75) is 0 Å². The van der Waals surface area contributed by atoms with Crippen LogP contribution < -0.4 is 11.1 Å². The molecule has 0 saturated carbocycles. The van der Waals surface area contributed by atoms with Crippen LogP contribution in [0.2, 0.25) is 10.0 Å². The van der Waals surface area contributed by atoms with Gasteiger partial charge in [0.1, 0.15) is 5.75 Å². The fourth-order valence-electron chi connectivity index (χ4n) is 1.84. The first-order chi connectivity index (χ1) is 10.3. The number of primary amides is 1. The van der Waals surface area contributed by atoms with Gasteiger partial charge < -0.3 is 16.2 Å². The number of phenols is 1.